The molecule has 1 heterocycles. The second-order valence-electron chi connectivity index (χ2n) is 5.61. The molecule has 0 atom stereocenters. The summed E-state index contributed by atoms with van der Waals surface area (Å²) in [6.45, 7) is 1.98. The molecule has 0 aliphatic rings. The lowest BCUT2D eigenvalue weighted by Gasteiger charge is -2.11. The molecule has 0 radical (unpaired) electrons. The van der Waals surface area contributed by atoms with E-state index in [4.69, 9.17) is 4.74 Å². The van der Waals surface area contributed by atoms with Gasteiger partial charge in [-0.3, -0.25) is 4.79 Å². The maximum atomic E-state index is 12.3. The van der Waals surface area contributed by atoms with E-state index in [1.807, 2.05) is 54.9 Å². The number of anilines is 1. The molecule has 0 spiro atoms. The first-order chi connectivity index (χ1) is 11.1. The molecular formula is C18H19N3O2. The maximum absolute atomic E-state index is 12.3. The van der Waals surface area contributed by atoms with Gasteiger partial charge in [-0.1, -0.05) is 12.1 Å². The van der Waals surface area contributed by atoms with Crippen molar-refractivity contribution in [2.45, 2.75) is 13.3 Å². The number of fused-ring (bicyclic) bond motifs is 1. The fourth-order valence-corrected chi connectivity index (χ4v) is 2.59. The van der Waals surface area contributed by atoms with E-state index in [9.17, 15) is 4.79 Å². The molecule has 5 nitrogen and oxygen atoms in total. The highest BCUT2D eigenvalue weighted by atomic mass is 16.5. The van der Waals surface area contributed by atoms with Crippen LogP contribution in [0, 0.1) is 6.92 Å². The highest BCUT2D eigenvalue weighted by molar-refractivity contribution is 5.94. The van der Waals surface area contributed by atoms with Gasteiger partial charge in [0.15, 0.2) is 0 Å². The number of nitrogens with zero attached hydrogens (tertiary/aromatic N) is 2. The topological polar surface area (TPSA) is 56.1 Å². The van der Waals surface area contributed by atoms with Crippen molar-refractivity contribution in [2.24, 2.45) is 7.05 Å². The third kappa shape index (κ3) is 3.18. The van der Waals surface area contributed by atoms with Gasteiger partial charge in [-0.2, -0.15) is 0 Å². The summed E-state index contributed by atoms with van der Waals surface area (Å²) in [5.74, 6) is 0.577. The molecular weight excluding hydrogens is 290 g/mol. The Labute approximate surface area is 134 Å². The Morgan fingerprint density at radius 1 is 1.26 bits per heavy atom. The van der Waals surface area contributed by atoms with Crippen molar-refractivity contribution in [1.82, 2.24) is 9.55 Å². The molecule has 3 aromatic rings. The van der Waals surface area contributed by atoms with Crippen LogP contribution < -0.4 is 10.1 Å². The van der Waals surface area contributed by atoms with Gasteiger partial charge in [0.05, 0.1) is 36.6 Å². The number of aryl methyl sites for hydroxylation is 2. The minimum Gasteiger partial charge on any atom is -0.495 e. The predicted octanol–water partition coefficient (Wildman–Crippen LogP) is 3.07. The van der Waals surface area contributed by atoms with Crippen LogP contribution >= 0.6 is 0 Å². The molecule has 23 heavy (non-hydrogen) atoms. The average Bonchev–Trinajstić information content (AvgIpc) is 2.88. The van der Waals surface area contributed by atoms with E-state index in [0.717, 1.165) is 22.2 Å². The SMILES string of the molecule is COc1ccc(C)cc1NC(=O)Cc1ccc2c(c1)ncn2C. The number of amides is 1. The summed E-state index contributed by atoms with van der Waals surface area (Å²) < 4.78 is 7.24. The van der Waals surface area contributed by atoms with E-state index in [1.54, 1.807) is 13.4 Å². The predicted molar refractivity (Wildman–Crippen MR) is 90.8 cm³/mol. The van der Waals surface area contributed by atoms with E-state index >= 15 is 0 Å². The quantitative estimate of drug-likeness (QED) is 0.806. The van der Waals surface area contributed by atoms with Crippen LogP contribution in [0.15, 0.2) is 42.7 Å². The Bertz CT molecular complexity index is 868. The first-order valence-corrected chi connectivity index (χ1v) is 7.41. The van der Waals surface area contributed by atoms with Crippen molar-refractivity contribution in [1.29, 1.82) is 0 Å². The van der Waals surface area contributed by atoms with E-state index in [-0.39, 0.29) is 5.91 Å². The minimum atomic E-state index is -0.0795. The van der Waals surface area contributed by atoms with Crippen LogP contribution in [0.2, 0.25) is 0 Å². The Morgan fingerprint density at radius 3 is 2.87 bits per heavy atom. The number of carbonyl (C=O) groups is 1. The zero-order valence-electron chi connectivity index (χ0n) is 13.5. The highest BCUT2D eigenvalue weighted by Gasteiger charge is 2.10. The largest absolute Gasteiger partial charge is 0.495 e. The molecule has 0 aliphatic heterocycles. The number of hydrogen-bond donors (Lipinski definition) is 1. The minimum absolute atomic E-state index is 0.0795. The van der Waals surface area contributed by atoms with Crippen LogP contribution in [0.5, 0.6) is 5.75 Å². The molecule has 3 rings (SSSR count). The standard InChI is InChI=1S/C18H19N3O2/c1-12-4-7-17(23-3)15(8-12)20-18(22)10-13-5-6-16-14(9-13)19-11-21(16)2/h4-9,11H,10H2,1-3H3,(H,20,22). The highest BCUT2D eigenvalue weighted by Crippen LogP contribution is 2.25. The number of benzene rings is 2. The lowest BCUT2D eigenvalue weighted by atomic mass is 10.1. The fraction of sp³-hybridized carbons (Fsp3) is 0.222. The van der Waals surface area contributed by atoms with Gasteiger partial charge in [0.1, 0.15) is 5.75 Å². The number of hydrogen-bond acceptors (Lipinski definition) is 3. The lowest BCUT2D eigenvalue weighted by molar-refractivity contribution is -0.115. The molecule has 1 amide bonds. The smallest absolute Gasteiger partial charge is 0.228 e. The summed E-state index contributed by atoms with van der Waals surface area (Å²) in [6, 6.07) is 11.6. The summed E-state index contributed by atoms with van der Waals surface area (Å²) in [5.41, 5.74) is 4.63. The summed E-state index contributed by atoms with van der Waals surface area (Å²) in [6.07, 6.45) is 2.07. The summed E-state index contributed by atoms with van der Waals surface area (Å²) in [5, 5.41) is 2.91. The second-order valence-corrected chi connectivity index (χ2v) is 5.61. The van der Waals surface area contributed by atoms with Gasteiger partial charge < -0.3 is 14.6 Å². The van der Waals surface area contributed by atoms with Gasteiger partial charge in [0, 0.05) is 7.05 Å². The Hall–Kier alpha value is -2.82. The zero-order valence-corrected chi connectivity index (χ0v) is 13.5. The number of nitrogens with one attached hydrogen (secondary N) is 1. The molecule has 0 aliphatic carbocycles. The van der Waals surface area contributed by atoms with Gasteiger partial charge in [-0.15, -0.1) is 0 Å². The first kappa shape index (κ1) is 15.1. The van der Waals surface area contributed by atoms with Crippen LogP contribution in [0.4, 0.5) is 5.69 Å². The van der Waals surface area contributed by atoms with Crippen LogP contribution in [0.1, 0.15) is 11.1 Å². The van der Waals surface area contributed by atoms with E-state index in [2.05, 4.69) is 10.3 Å². The summed E-state index contributed by atoms with van der Waals surface area (Å²) in [4.78, 5) is 16.6. The van der Waals surface area contributed by atoms with Gasteiger partial charge in [-0.25, -0.2) is 4.98 Å². The second kappa shape index (κ2) is 6.12. The van der Waals surface area contributed by atoms with Crippen molar-refractivity contribution >= 4 is 22.6 Å². The Morgan fingerprint density at radius 2 is 2.09 bits per heavy atom. The molecule has 0 unspecified atom stereocenters. The first-order valence-electron chi connectivity index (χ1n) is 7.41. The number of rotatable bonds is 4. The molecule has 0 saturated heterocycles. The van der Waals surface area contributed by atoms with Gasteiger partial charge in [0.2, 0.25) is 5.91 Å². The number of ether oxygens (including phenoxy) is 1. The molecule has 0 bridgehead atoms. The fourth-order valence-electron chi connectivity index (χ4n) is 2.59. The number of methoxy groups -OCH3 is 1. The third-order valence-electron chi connectivity index (χ3n) is 3.78. The molecule has 5 heteroatoms. The Balaban J connectivity index is 1.77. The molecule has 1 N–H and O–H groups in total. The molecule has 1 aromatic heterocycles. The lowest BCUT2D eigenvalue weighted by Crippen LogP contribution is -2.15. The van der Waals surface area contributed by atoms with Gasteiger partial charge in [-0.05, 0) is 42.3 Å². The monoisotopic (exact) mass is 309 g/mol. The van der Waals surface area contributed by atoms with Gasteiger partial charge in [0.25, 0.3) is 0 Å². The number of carbonyl (C=O) groups excluding carboxylic acids is 1. The molecule has 118 valence electrons. The van der Waals surface area contributed by atoms with Crippen molar-refractivity contribution in [3.05, 3.63) is 53.9 Å². The molecule has 2 aromatic carbocycles. The van der Waals surface area contributed by atoms with Crippen LogP contribution in [0.25, 0.3) is 11.0 Å². The number of aromatic nitrogens is 2. The van der Waals surface area contributed by atoms with E-state index in [0.29, 0.717) is 17.9 Å². The van der Waals surface area contributed by atoms with Crippen LogP contribution in [0.3, 0.4) is 0 Å². The zero-order chi connectivity index (χ0) is 16.4. The van der Waals surface area contributed by atoms with Crippen LogP contribution in [-0.4, -0.2) is 22.6 Å². The molecule has 0 fully saturated rings. The van der Waals surface area contributed by atoms with Crippen molar-refractivity contribution < 1.29 is 9.53 Å². The van der Waals surface area contributed by atoms with Gasteiger partial charge >= 0.3 is 0 Å². The normalized spacial score (nSPS) is 10.7. The van der Waals surface area contributed by atoms with Crippen LogP contribution in [-0.2, 0) is 18.3 Å². The Kier molecular flexibility index (Phi) is 4.02. The molecule has 0 saturated carbocycles. The maximum Gasteiger partial charge on any atom is 0.228 e. The third-order valence-corrected chi connectivity index (χ3v) is 3.78. The van der Waals surface area contributed by atoms with E-state index < -0.39 is 0 Å². The summed E-state index contributed by atoms with van der Waals surface area (Å²) in [7, 11) is 3.54. The van der Waals surface area contributed by atoms with Crippen molar-refractivity contribution in [3.8, 4) is 5.75 Å². The summed E-state index contributed by atoms with van der Waals surface area (Å²) >= 11 is 0. The van der Waals surface area contributed by atoms with Crippen molar-refractivity contribution in [2.75, 3.05) is 12.4 Å². The number of imidazole rings is 1. The van der Waals surface area contributed by atoms with E-state index in [1.165, 1.54) is 0 Å². The van der Waals surface area contributed by atoms with Crippen molar-refractivity contribution in [3.63, 3.8) is 0 Å². The average molecular weight is 309 g/mol.